The van der Waals surface area contributed by atoms with Crippen molar-refractivity contribution in [1.29, 1.82) is 0 Å². The van der Waals surface area contributed by atoms with Crippen molar-refractivity contribution < 1.29 is 5.11 Å². The highest BCUT2D eigenvalue weighted by Gasteiger charge is 2.21. The van der Waals surface area contributed by atoms with Crippen LogP contribution in [-0.4, -0.2) is 49.3 Å². The lowest BCUT2D eigenvalue weighted by atomic mass is 10.2. The van der Waals surface area contributed by atoms with Gasteiger partial charge in [0.1, 0.15) is 0 Å². The maximum absolute atomic E-state index is 9.46. The molecule has 1 atom stereocenters. The van der Waals surface area contributed by atoms with Gasteiger partial charge in [0, 0.05) is 29.8 Å². The summed E-state index contributed by atoms with van der Waals surface area (Å²) in [4.78, 5) is 4.55. The molecule has 0 radical (unpaired) electrons. The van der Waals surface area contributed by atoms with E-state index in [4.69, 9.17) is 11.6 Å². The van der Waals surface area contributed by atoms with Crippen LogP contribution in [0.15, 0.2) is 18.2 Å². The molecule has 4 heteroatoms. The molecule has 1 aliphatic rings. The molecular formula is C14H21ClN2O. The Hall–Kier alpha value is -0.770. The van der Waals surface area contributed by atoms with Crippen molar-refractivity contribution in [3.8, 4) is 0 Å². The van der Waals surface area contributed by atoms with E-state index in [0.29, 0.717) is 0 Å². The smallest absolute Gasteiger partial charge is 0.0603 e. The number of halogens is 1. The summed E-state index contributed by atoms with van der Waals surface area (Å²) >= 11 is 6.19. The van der Waals surface area contributed by atoms with Crippen molar-refractivity contribution in [2.75, 3.05) is 38.2 Å². The second-order valence-corrected chi connectivity index (χ2v) is 5.46. The summed E-state index contributed by atoms with van der Waals surface area (Å²) in [7, 11) is 2.08. The number of aliphatic hydroxyl groups excluding tert-OH is 1. The average Bonchev–Trinajstić information content (AvgIpc) is 2.54. The number of aryl methyl sites for hydroxylation is 1. The summed E-state index contributed by atoms with van der Waals surface area (Å²) < 4.78 is 0. The predicted molar refractivity (Wildman–Crippen MR) is 76.5 cm³/mol. The van der Waals surface area contributed by atoms with Crippen LogP contribution in [0.3, 0.4) is 0 Å². The van der Waals surface area contributed by atoms with Crippen LogP contribution in [-0.2, 0) is 0 Å². The van der Waals surface area contributed by atoms with E-state index in [0.717, 1.165) is 42.3 Å². The fourth-order valence-electron chi connectivity index (χ4n) is 2.39. The lowest BCUT2D eigenvalue weighted by molar-refractivity contribution is 0.159. The fraction of sp³-hybridized carbons (Fsp3) is 0.571. The number of anilines is 1. The quantitative estimate of drug-likeness (QED) is 0.890. The molecule has 2 rings (SSSR count). The normalized spacial score (nSPS) is 22.0. The van der Waals surface area contributed by atoms with E-state index in [1.54, 1.807) is 0 Å². The Bertz CT molecular complexity index is 411. The van der Waals surface area contributed by atoms with Gasteiger partial charge in [0.2, 0.25) is 0 Å². The zero-order valence-electron chi connectivity index (χ0n) is 11.1. The molecule has 0 aliphatic carbocycles. The maximum atomic E-state index is 9.46. The first-order chi connectivity index (χ1) is 8.61. The molecule has 100 valence electrons. The van der Waals surface area contributed by atoms with Crippen LogP contribution in [0, 0.1) is 6.92 Å². The van der Waals surface area contributed by atoms with Gasteiger partial charge in [-0.25, -0.2) is 0 Å². The molecule has 1 N–H and O–H groups in total. The lowest BCUT2D eigenvalue weighted by Crippen LogP contribution is -2.41. The number of hydrogen-bond donors (Lipinski definition) is 1. The van der Waals surface area contributed by atoms with Crippen molar-refractivity contribution in [3.05, 3.63) is 28.8 Å². The van der Waals surface area contributed by atoms with E-state index in [1.807, 2.05) is 13.0 Å². The van der Waals surface area contributed by atoms with Crippen molar-refractivity contribution in [3.63, 3.8) is 0 Å². The molecule has 0 aromatic heterocycles. The van der Waals surface area contributed by atoms with Gasteiger partial charge in [0.05, 0.1) is 6.61 Å². The second kappa shape index (κ2) is 5.91. The molecular weight excluding hydrogens is 248 g/mol. The van der Waals surface area contributed by atoms with Crippen LogP contribution < -0.4 is 4.90 Å². The molecule has 0 amide bonds. The minimum absolute atomic E-state index is 0.201. The third-order valence-electron chi connectivity index (χ3n) is 3.72. The van der Waals surface area contributed by atoms with Crippen molar-refractivity contribution in [1.82, 2.24) is 4.90 Å². The highest BCUT2D eigenvalue weighted by atomic mass is 35.5. The molecule has 1 saturated heterocycles. The van der Waals surface area contributed by atoms with Crippen molar-refractivity contribution in [2.24, 2.45) is 0 Å². The van der Waals surface area contributed by atoms with Gasteiger partial charge in [-0.1, -0.05) is 17.7 Å². The summed E-state index contributed by atoms with van der Waals surface area (Å²) in [5.41, 5.74) is 2.26. The van der Waals surface area contributed by atoms with Crippen LogP contribution in [0.2, 0.25) is 5.02 Å². The maximum Gasteiger partial charge on any atom is 0.0603 e. The van der Waals surface area contributed by atoms with E-state index >= 15 is 0 Å². The Morgan fingerprint density at radius 3 is 2.83 bits per heavy atom. The zero-order chi connectivity index (χ0) is 13.1. The molecule has 0 bridgehead atoms. The Morgan fingerprint density at radius 2 is 2.17 bits per heavy atom. The number of aliphatic hydroxyl groups is 1. The molecule has 18 heavy (non-hydrogen) atoms. The van der Waals surface area contributed by atoms with Crippen molar-refractivity contribution in [2.45, 2.75) is 19.4 Å². The zero-order valence-corrected chi connectivity index (χ0v) is 11.8. The highest BCUT2D eigenvalue weighted by Crippen LogP contribution is 2.24. The summed E-state index contributed by atoms with van der Waals surface area (Å²) in [6, 6.07) is 6.39. The molecule has 1 fully saturated rings. The Kier molecular flexibility index (Phi) is 4.49. The van der Waals surface area contributed by atoms with Gasteiger partial charge in [-0.05, 0) is 44.6 Å². The second-order valence-electron chi connectivity index (χ2n) is 5.05. The van der Waals surface area contributed by atoms with Gasteiger partial charge < -0.3 is 10.0 Å². The minimum atomic E-state index is 0.201. The number of hydrogen-bond acceptors (Lipinski definition) is 3. The summed E-state index contributed by atoms with van der Waals surface area (Å²) in [5, 5.41) is 10.3. The number of benzene rings is 1. The first-order valence-corrected chi connectivity index (χ1v) is 6.82. The summed E-state index contributed by atoms with van der Waals surface area (Å²) in [5.74, 6) is 0. The third kappa shape index (κ3) is 2.97. The SMILES string of the molecule is Cc1ccc(N2CCCN(C)C(CO)C2)cc1Cl. The number of nitrogens with zero attached hydrogens (tertiary/aromatic N) is 2. The van der Waals surface area contributed by atoms with Crippen LogP contribution in [0.4, 0.5) is 5.69 Å². The predicted octanol–water partition coefficient (Wildman–Crippen LogP) is 2.15. The number of likely N-dealkylation sites (N-methyl/N-ethyl adjacent to an activating group) is 1. The Morgan fingerprint density at radius 1 is 1.39 bits per heavy atom. The van der Waals surface area contributed by atoms with Gasteiger partial charge in [-0.3, -0.25) is 4.90 Å². The Balaban J connectivity index is 2.18. The molecule has 1 aromatic rings. The van der Waals surface area contributed by atoms with E-state index in [9.17, 15) is 5.11 Å². The first kappa shape index (κ1) is 13.7. The largest absolute Gasteiger partial charge is 0.395 e. The fourth-order valence-corrected chi connectivity index (χ4v) is 2.56. The van der Waals surface area contributed by atoms with E-state index in [2.05, 4.69) is 29.0 Å². The Labute approximate surface area is 114 Å². The lowest BCUT2D eigenvalue weighted by Gasteiger charge is -2.29. The average molecular weight is 269 g/mol. The molecule has 3 nitrogen and oxygen atoms in total. The van der Waals surface area contributed by atoms with E-state index in [-0.39, 0.29) is 12.6 Å². The summed E-state index contributed by atoms with van der Waals surface area (Å²) in [6.45, 7) is 5.11. The molecule has 0 saturated carbocycles. The van der Waals surface area contributed by atoms with Gasteiger partial charge in [0.25, 0.3) is 0 Å². The van der Waals surface area contributed by atoms with E-state index in [1.165, 1.54) is 0 Å². The summed E-state index contributed by atoms with van der Waals surface area (Å²) in [6.07, 6.45) is 1.11. The van der Waals surface area contributed by atoms with Crippen LogP contribution >= 0.6 is 11.6 Å². The highest BCUT2D eigenvalue weighted by molar-refractivity contribution is 6.31. The number of rotatable bonds is 2. The van der Waals surface area contributed by atoms with Gasteiger partial charge in [0.15, 0.2) is 0 Å². The molecule has 0 spiro atoms. The molecule has 1 aromatic carbocycles. The molecule has 1 aliphatic heterocycles. The van der Waals surface area contributed by atoms with Crippen LogP contribution in [0.25, 0.3) is 0 Å². The topological polar surface area (TPSA) is 26.7 Å². The third-order valence-corrected chi connectivity index (χ3v) is 4.13. The van der Waals surface area contributed by atoms with Gasteiger partial charge in [-0.2, -0.15) is 0 Å². The van der Waals surface area contributed by atoms with E-state index < -0.39 is 0 Å². The van der Waals surface area contributed by atoms with Gasteiger partial charge >= 0.3 is 0 Å². The minimum Gasteiger partial charge on any atom is -0.395 e. The van der Waals surface area contributed by atoms with Gasteiger partial charge in [-0.15, -0.1) is 0 Å². The van der Waals surface area contributed by atoms with Crippen LogP contribution in [0.5, 0.6) is 0 Å². The molecule has 1 heterocycles. The van der Waals surface area contributed by atoms with Crippen LogP contribution in [0.1, 0.15) is 12.0 Å². The monoisotopic (exact) mass is 268 g/mol. The standard InChI is InChI=1S/C14H21ClN2O/c1-11-4-5-12(8-14(11)15)17-7-3-6-16(2)13(9-17)10-18/h4-5,8,13,18H,3,6-7,9-10H2,1-2H3. The van der Waals surface area contributed by atoms with Crippen molar-refractivity contribution >= 4 is 17.3 Å². The first-order valence-electron chi connectivity index (χ1n) is 6.44. The molecule has 1 unspecified atom stereocenters.